The van der Waals surface area contributed by atoms with E-state index in [1.807, 2.05) is 42.3 Å². The van der Waals surface area contributed by atoms with Crippen LogP contribution in [-0.2, 0) is 0 Å². The first-order chi connectivity index (χ1) is 9.17. The first-order valence-corrected chi connectivity index (χ1v) is 5.83. The van der Waals surface area contributed by atoms with E-state index in [1.54, 1.807) is 19.2 Å². The van der Waals surface area contributed by atoms with Gasteiger partial charge in [-0.25, -0.2) is 0 Å². The number of benzene rings is 2. The van der Waals surface area contributed by atoms with E-state index in [-0.39, 0.29) is 0 Å². The SMILES string of the molecule is COc1ccccc1N(C)c1ccc(C#N)c(N)c1. The fourth-order valence-corrected chi connectivity index (χ4v) is 1.91. The van der Waals surface area contributed by atoms with Crippen molar-refractivity contribution < 1.29 is 4.74 Å². The fourth-order valence-electron chi connectivity index (χ4n) is 1.91. The van der Waals surface area contributed by atoms with Gasteiger partial charge in [-0.15, -0.1) is 0 Å². The van der Waals surface area contributed by atoms with Gasteiger partial charge >= 0.3 is 0 Å². The zero-order chi connectivity index (χ0) is 13.8. The molecule has 0 fully saturated rings. The van der Waals surface area contributed by atoms with Crippen LogP contribution in [0.15, 0.2) is 42.5 Å². The monoisotopic (exact) mass is 253 g/mol. The van der Waals surface area contributed by atoms with Crippen molar-refractivity contribution in [2.45, 2.75) is 0 Å². The third-order valence-electron chi connectivity index (χ3n) is 2.99. The molecule has 0 aliphatic heterocycles. The number of rotatable bonds is 3. The normalized spacial score (nSPS) is 9.74. The molecule has 0 heterocycles. The molecular weight excluding hydrogens is 238 g/mol. The van der Waals surface area contributed by atoms with Crippen molar-refractivity contribution in [3.8, 4) is 11.8 Å². The largest absolute Gasteiger partial charge is 0.495 e. The lowest BCUT2D eigenvalue weighted by Gasteiger charge is -2.22. The molecular formula is C15H15N3O. The summed E-state index contributed by atoms with van der Waals surface area (Å²) >= 11 is 0. The minimum absolute atomic E-state index is 0.474. The summed E-state index contributed by atoms with van der Waals surface area (Å²) in [6.45, 7) is 0. The predicted octanol–water partition coefficient (Wildman–Crippen LogP) is 2.92. The van der Waals surface area contributed by atoms with E-state index in [4.69, 9.17) is 15.7 Å². The summed E-state index contributed by atoms with van der Waals surface area (Å²) in [6.07, 6.45) is 0. The highest BCUT2D eigenvalue weighted by Gasteiger charge is 2.10. The molecule has 19 heavy (non-hydrogen) atoms. The van der Waals surface area contributed by atoms with E-state index in [0.29, 0.717) is 11.3 Å². The Balaban J connectivity index is 2.42. The fraction of sp³-hybridized carbons (Fsp3) is 0.133. The molecule has 0 aromatic heterocycles. The molecule has 2 N–H and O–H groups in total. The summed E-state index contributed by atoms with van der Waals surface area (Å²) in [5.41, 5.74) is 8.64. The van der Waals surface area contributed by atoms with Crippen LogP contribution in [0.25, 0.3) is 0 Å². The van der Waals surface area contributed by atoms with Crippen LogP contribution in [-0.4, -0.2) is 14.2 Å². The number of hydrogen-bond donors (Lipinski definition) is 1. The molecule has 0 aliphatic rings. The smallest absolute Gasteiger partial charge is 0.142 e. The van der Waals surface area contributed by atoms with Crippen molar-refractivity contribution in [1.29, 1.82) is 5.26 Å². The average molecular weight is 253 g/mol. The van der Waals surface area contributed by atoms with E-state index in [9.17, 15) is 0 Å². The molecule has 0 unspecified atom stereocenters. The number of hydrogen-bond acceptors (Lipinski definition) is 4. The molecule has 2 rings (SSSR count). The second kappa shape index (κ2) is 5.32. The molecule has 0 bridgehead atoms. The summed E-state index contributed by atoms with van der Waals surface area (Å²) in [7, 11) is 3.57. The molecule has 0 aliphatic carbocycles. The van der Waals surface area contributed by atoms with E-state index >= 15 is 0 Å². The first-order valence-electron chi connectivity index (χ1n) is 5.83. The number of anilines is 3. The molecule has 0 saturated heterocycles. The number of nitrogen functional groups attached to an aromatic ring is 1. The predicted molar refractivity (Wildman–Crippen MR) is 76.6 cm³/mol. The highest BCUT2D eigenvalue weighted by atomic mass is 16.5. The van der Waals surface area contributed by atoms with Crippen LogP contribution < -0.4 is 15.4 Å². The Morgan fingerprint density at radius 2 is 1.95 bits per heavy atom. The van der Waals surface area contributed by atoms with Crippen molar-refractivity contribution >= 4 is 17.1 Å². The molecule has 0 atom stereocenters. The highest BCUT2D eigenvalue weighted by Crippen LogP contribution is 2.33. The number of ether oxygens (including phenoxy) is 1. The lowest BCUT2D eigenvalue weighted by molar-refractivity contribution is 0.415. The molecule has 4 nitrogen and oxygen atoms in total. The third kappa shape index (κ3) is 2.45. The van der Waals surface area contributed by atoms with Gasteiger partial charge in [0.2, 0.25) is 0 Å². The van der Waals surface area contributed by atoms with Gasteiger partial charge in [0.25, 0.3) is 0 Å². The summed E-state index contributed by atoms with van der Waals surface area (Å²) < 4.78 is 5.34. The number of nitriles is 1. The Kier molecular flexibility index (Phi) is 3.58. The second-order valence-electron chi connectivity index (χ2n) is 4.11. The van der Waals surface area contributed by atoms with Crippen LogP contribution in [0.1, 0.15) is 5.56 Å². The van der Waals surface area contributed by atoms with E-state index in [1.165, 1.54) is 0 Å². The van der Waals surface area contributed by atoms with E-state index < -0.39 is 0 Å². The first kappa shape index (κ1) is 12.8. The van der Waals surface area contributed by atoms with Gasteiger partial charge in [-0.05, 0) is 30.3 Å². The van der Waals surface area contributed by atoms with Crippen molar-refractivity contribution in [3.05, 3.63) is 48.0 Å². The lowest BCUT2D eigenvalue weighted by atomic mass is 10.1. The van der Waals surface area contributed by atoms with Gasteiger partial charge in [0.05, 0.1) is 24.0 Å². The Morgan fingerprint density at radius 1 is 1.21 bits per heavy atom. The Morgan fingerprint density at radius 3 is 2.58 bits per heavy atom. The third-order valence-corrected chi connectivity index (χ3v) is 2.99. The summed E-state index contributed by atoms with van der Waals surface area (Å²) in [4.78, 5) is 1.97. The summed E-state index contributed by atoms with van der Waals surface area (Å²) in [6, 6.07) is 15.2. The lowest BCUT2D eigenvalue weighted by Crippen LogP contribution is -2.11. The van der Waals surface area contributed by atoms with Crippen LogP contribution >= 0.6 is 0 Å². The van der Waals surface area contributed by atoms with Crippen LogP contribution in [0.5, 0.6) is 5.75 Å². The van der Waals surface area contributed by atoms with Gasteiger partial charge in [0.15, 0.2) is 0 Å². The molecule has 4 heteroatoms. The Bertz CT molecular complexity index is 632. The Hall–Kier alpha value is -2.67. The van der Waals surface area contributed by atoms with Crippen molar-refractivity contribution in [2.24, 2.45) is 0 Å². The molecule has 0 amide bonds. The van der Waals surface area contributed by atoms with Gasteiger partial charge in [0.1, 0.15) is 11.8 Å². The number of methoxy groups -OCH3 is 1. The van der Waals surface area contributed by atoms with Crippen LogP contribution in [0, 0.1) is 11.3 Å². The number of para-hydroxylation sites is 2. The quantitative estimate of drug-likeness (QED) is 0.854. The Labute approximate surface area is 112 Å². The van der Waals surface area contributed by atoms with Gasteiger partial charge in [-0.2, -0.15) is 5.26 Å². The maximum Gasteiger partial charge on any atom is 0.142 e. The average Bonchev–Trinajstić information content (AvgIpc) is 2.46. The molecule has 0 radical (unpaired) electrons. The molecule has 2 aromatic rings. The number of nitrogens with zero attached hydrogens (tertiary/aromatic N) is 2. The minimum atomic E-state index is 0.474. The van der Waals surface area contributed by atoms with Gasteiger partial charge in [-0.3, -0.25) is 0 Å². The highest BCUT2D eigenvalue weighted by molar-refractivity contribution is 5.72. The van der Waals surface area contributed by atoms with Crippen LogP contribution in [0.3, 0.4) is 0 Å². The van der Waals surface area contributed by atoms with Crippen molar-refractivity contribution in [1.82, 2.24) is 0 Å². The zero-order valence-corrected chi connectivity index (χ0v) is 10.9. The topological polar surface area (TPSA) is 62.3 Å². The molecule has 96 valence electrons. The maximum atomic E-state index is 8.88. The van der Waals surface area contributed by atoms with E-state index in [2.05, 4.69) is 6.07 Å². The van der Waals surface area contributed by atoms with Crippen LogP contribution in [0.4, 0.5) is 17.1 Å². The van der Waals surface area contributed by atoms with E-state index in [0.717, 1.165) is 17.1 Å². The van der Waals surface area contributed by atoms with Crippen molar-refractivity contribution in [3.63, 3.8) is 0 Å². The summed E-state index contributed by atoms with van der Waals surface area (Å²) in [5.74, 6) is 0.785. The zero-order valence-electron chi connectivity index (χ0n) is 10.9. The van der Waals surface area contributed by atoms with Gasteiger partial charge in [0, 0.05) is 12.7 Å². The second-order valence-corrected chi connectivity index (χ2v) is 4.11. The van der Waals surface area contributed by atoms with Crippen molar-refractivity contribution in [2.75, 3.05) is 24.8 Å². The minimum Gasteiger partial charge on any atom is -0.495 e. The summed E-state index contributed by atoms with van der Waals surface area (Å²) in [5, 5.41) is 8.88. The standard InChI is InChI=1S/C15H15N3O/c1-18(14-5-3-4-6-15(14)19-2)12-8-7-11(10-16)13(17)9-12/h3-9H,17H2,1-2H3. The molecule has 0 saturated carbocycles. The number of nitrogens with two attached hydrogens (primary N) is 1. The van der Waals surface area contributed by atoms with Gasteiger partial charge < -0.3 is 15.4 Å². The molecule has 2 aromatic carbocycles. The van der Waals surface area contributed by atoms with Crippen LogP contribution in [0.2, 0.25) is 0 Å². The maximum absolute atomic E-state index is 8.88. The molecule has 0 spiro atoms. The van der Waals surface area contributed by atoms with Gasteiger partial charge in [-0.1, -0.05) is 12.1 Å².